The van der Waals surface area contributed by atoms with Gasteiger partial charge < -0.3 is 82.9 Å². The summed E-state index contributed by atoms with van der Waals surface area (Å²) in [4.78, 5) is 31.5. The third-order valence-corrected chi connectivity index (χ3v) is 7.37. The van der Waals surface area contributed by atoms with Crippen molar-refractivity contribution in [3.8, 4) is 0 Å². The van der Waals surface area contributed by atoms with Crippen LogP contribution < -0.4 is 28.3 Å². The number of aliphatic hydroxyl groups is 7. The van der Waals surface area contributed by atoms with Gasteiger partial charge in [-0.25, -0.2) is 9.98 Å². The van der Waals surface area contributed by atoms with Gasteiger partial charge in [0.25, 0.3) is 0 Å². The zero-order valence-electron chi connectivity index (χ0n) is 22.7. The Morgan fingerprint density at radius 3 is 2.02 bits per heavy atom. The van der Waals surface area contributed by atoms with Crippen LogP contribution >= 0.6 is 0 Å². The van der Waals surface area contributed by atoms with Crippen LogP contribution in [0.4, 0.5) is 0 Å². The lowest BCUT2D eigenvalue weighted by Crippen LogP contribution is -2.67. The summed E-state index contributed by atoms with van der Waals surface area (Å²) < 4.78 is 22.8. The van der Waals surface area contributed by atoms with Gasteiger partial charge in [-0.3, -0.25) is 9.59 Å². The van der Waals surface area contributed by atoms with E-state index in [-0.39, 0.29) is 6.29 Å². The molecule has 15 atom stereocenters. The molecule has 2 aliphatic heterocycles. The lowest BCUT2D eigenvalue weighted by atomic mass is 9.81. The average Bonchev–Trinajstić information content (AvgIpc) is 3.15. The van der Waals surface area contributed by atoms with Crippen molar-refractivity contribution in [2.75, 3.05) is 6.61 Å². The Morgan fingerprint density at radius 2 is 1.50 bits per heavy atom. The zero-order chi connectivity index (χ0) is 31.7. The maximum atomic E-state index is 12.1. The molecule has 42 heavy (non-hydrogen) atoms. The quantitative estimate of drug-likeness (QED) is 0.0655. The number of ether oxygens (including phenoxy) is 4. The molecule has 240 valence electrons. The van der Waals surface area contributed by atoms with Crippen molar-refractivity contribution in [3.63, 3.8) is 0 Å². The number of aliphatic imine (C=N–C) groups is 2. The highest BCUT2D eigenvalue weighted by Gasteiger charge is 2.61. The molecule has 3 aliphatic rings. The topological polar surface area (TPSA) is 354 Å². The first-order chi connectivity index (χ1) is 19.6. The largest absolute Gasteiger partial charge is 0.394 e. The van der Waals surface area contributed by atoms with E-state index < -0.39 is 116 Å². The predicted molar refractivity (Wildman–Crippen MR) is 138 cm³/mol. The first-order valence-electron chi connectivity index (χ1n) is 12.8. The van der Waals surface area contributed by atoms with Crippen LogP contribution in [0.1, 0.15) is 13.8 Å². The third kappa shape index (κ3) is 6.58. The van der Waals surface area contributed by atoms with Gasteiger partial charge in [0.15, 0.2) is 36.4 Å². The number of aliphatic hydroxyl groups excluding tert-OH is 6. The summed E-state index contributed by atoms with van der Waals surface area (Å²) in [5, 5.41) is 76.6. The Hall–Kier alpha value is -2.76. The molecule has 3 rings (SSSR count). The van der Waals surface area contributed by atoms with Crippen molar-refractivity contribution >= 4 is 24.1 Å². The van der Waals surface area contributed by atoms with Crippen molar-refractivity contribution < 1.29 is 64.3 Å². The third-order valence-electron chi connectivity index (χ3n) is 7.37. The molecule has 2 heterocycles. The Morgan fingerprint density at radius 1 is 0.905 bits per heavy atom. The van der Waals surface area contributed by atoms with Crippen LogP contribution in [0.3, 0.4) is 0 Å². The average molecular weight is 610 g/mol. The summed E-state index contributed by atoms with van der Waals surface area (Å²) in [7, 11) is 0. The first-order valence-corrected chi connectivity index (χ1v) is 12.8. The van der Waals surface area contributed by atoms with E-state index in [0.29, 0.717) is 0 Å². The van der Waals surface area contributed by atoms with E-state index >= 15 is 0 Å². The Kier molecular flexibility index (Phi) is 10.7. The summed E-state index contributed by atoms with van der Waals surface area (Å²) in [5.74, 6) is -1.77. The van der Waals surface area contributed by atoms with Crippen molar-refractivity contribution in [3.05, 3.63) is 0 Å². The van der Waals surface area contributed by atoms with Crippen LogP contribution in [0.25, 0.3) is 0 Å². The number of carbonyl (C=O) groups excluding carboxylic acids is 2. The van der Waals surface area contributed by atoms with Gasteiger partial charge in [0.05, 0.1) is 12.7 Å². The van der Waals surface area contributed by atoms with Gasteiger partial charge in [-0.1, -0.05) is 0 Å². The van der Waals surface area contributed by atoms with Crippen LogP contribution in [0.5, 0.6) is 0 Å². The second-order valence-corrected chi connectivity index (χ2v) is 10.3. The Balaban J connectivity index is 1.99. The fourth-order valence-electron chi connectivity index (χ4n) is 5.16. The monoisotopic (exact) mass is 609 g/mol. The van der Waals surface area contributed by atoms with Crippen LogP contribution in [-0.4, -0.2) is 158 Å². The number of carbonyl (C=O) groups is 2. The van der Waals surface area contributed by atoms with Crippen molar-refractivity contribution in [1.82, 2.24) is 5.32 Å². The van der Waals surface area contributed by atoms with Gasteiger partial charge >= 0.3 is 0 Å². The summed E-state index contributed by atoms with van der Waals surface area (Å²) >= 11 is 0. The second-order valence-electron chi connectivity index (χ2n) is 10.3. The molecule has 2 saturated heterocycles. The molecular weight excluding hydrogens is 570 g/mol. The fraction of sp³-hybridized carbons (Fsp3) is 0.818. The van der Waals surface area contributed by atoms with Crippen molar-refractivity contribution in [2.45, 2.75) is 105 Å². The molecule has 20 heteroatoms. The van der Waals surface area contributed by atoms with Crippen LogP contribution in [0, 0.1) is 0 Å². The minimum absolute atomic E-state index is 0.0833. The number of aldehydes is 1. The Bertz CT molecular complexity index is 1030. The summed E-state index contributed by atoms with van der Waals surface area (Å²) in [6, 6.07) is -4.52. The van der Waals surface area contributed by atoms with E-state index in [4.69, 9.17) is 41.9 Å². The van der Waals surface area contributed by atoms with Crippen LogP contribution in [-0.2, 0) is 28.5 Å². The molecule has 0 aromatic heterocycles. The maximum Gasteiger partial charge on any atom is 0.217 e. The standard InChI is InChI=1S/C22H39N7O13/c1-5-22(38,4-31)17(42-18-10(27-6(2)32)14(36)11(33)7(3-30)40-18)19(39-5)41-16-9(29-21(25)26)12(34)8(28-20(23)24)13(35)15(16)37/h4-5,7-19,30,33-38H,3H2,1-2H3,(H,27,32)(H4,23,24,28)(H4,25,26,29)/t5-,7-,8+,9-,10-,11-,12+,13-,14-,15+,16+,17-,18-,19-,22+/m0/s1. The molecule has 1 saturated carbocycles. The lowest BCUT2D eigenvalue weighted by Gasteiger charge is -2.45. The molecule has 0 bridgehead atoms. The van der Waals surface area contributed by atoms with Crippen molar-refractivity contribution in [2.24, 2.45) is 32.9 Å². The zero-order valence-corrected chi connectivity index (χ0v) is 22.7. The number of hydrogen-bond donors (Lipinski definition) is 12. The lowest BCUT2D eigenvalue weighted by molar-refractivity contribution is -0.314. The summed E-state index contributed by atoms with van der Waals surface area (Å²) in [5.41, 5.74) is 19.3. The predicted octanol–water partition coefficient (Wildman–Crippen LogP) is -8.24. The van der Waals surface area contributed by atoms with E-state index in [1.807, 2.05) is 0 Å². The number of guanidine groups is 2. The number of nitrogens with two attached hydrogens (primary N) is 4. The van der Waals surface area contributed by atoms with Gasteiger partial charge in [0, 0.05) is 6.92 Å². The van der Waals surface area contributed by atoms with Gasteiger partial charge in [0.2, 0.25) is 5.91 Å². The van der Waals surface area contributed by atoms with Gasteiger partial charge in [-0.2, -0.15) is 0 Å². The molecule has 0 spiro atoms. The molecule has 0 aromatic carbocycles. The van der Waals surface area contributed by atoms with Gasteiger partial charge in [-0.05, 0) is 6.92 Å². The number of amides is 1. The van der Waals surface area contributed by atoms with E-state index in [1.54, 1.807) is 0 Å². The number of nitrogens with zero attached hydrogens (tertiary/aromatic N) is 2. The highest BCUT2D eigenvalue weighted by molar-refractivity contribution is 5.76. The van der Waals surface area contributed by atoms with Crippen molar-refractivity contribution in [1.29, 1.82) is 0 Å². The second kappa shape index (κ2) is 13.3. The number of nitrogens with one attached hydrogen (secondary N) is 1. The van der Waals surface area contributed by atoms with Gasteiger partial charge in [-0.15, -0.1) is 0 Å². The minimum atomic E-state index is -2.48. The number of rotatable bonds is 9. The molecule has 3 fully saturated rings. The maximum absolute atomic E-state index is 12.1. The van der Waals surface area contributed by atoms with Gasteiger partial charge in [0.1, 0.15) is 67.0 Å². The smallest absolute Gasteiger partial charge is 0.217 e. The fourth-order valence-corrected chi connectivity index (χ4v) is 5.16. The SMILES string of the molecule is CC(=O)N[C@@H]1[C@H](O[C@H]2[C@H](O[C@H]3[C@H](O)[C@@H](O)[C@H](N=C(N)N)[C@@H](O)[C@@H]3N=C(N)N)O[C@@H](C)[C@]2(O)C=O)O[C@@H](CO)[C@H](O)[C@H]1O. The molecule has 16 N–H and O–H groups in total. The summed E-state index contributed by atoms with van der Waals surface area (Å²) in [6.45, 7) is 1.59. The molecule has 0 aromatic rings. The molecule has 20 nitrogen and oxygen atoms in total. The highest BCUT2D eigenvalue weighted by Crippen LogP contribution is 2.38. The molecule has 1 amide bonds. The van der Waals surface area contributed by atoms with E-state index in [2.05, 4.69) is 15.3 Å². The van der Waals surface area contributed by atoms with Crippen LogP contribution in [0.2, 0.25) is 0 Å². The molecule has 0 radical (unpaired) electrons. The van der Waals surface area contributed by atoms with E-state index in [0.717, 1.165) is 6.92 Å². The first kappa shape index (κ1) is 33.7. The highest BCUT2D eigenvalue weighted by atomic mass is 16.8. The number of hydrogen-bond acceptors (Lipinski definition) is 15. The minimum Gasteiger partial charge on any atom is -0.394 e. The van der Waals surface area contributed by atoms with E-state index in [1.165, 1.54) is 6.92 Å². The van der Waals surface area contributed by atoms with Crippen LogP contribution in [0.15, 0.2) is 9.98 Å². The molecule has 0 unspecified atom stereocenters. The molecular formula is C22H39N7O13. The molecule has 1 aliphatic carbocycles. The van der Waals surface area contributed by atoms with E-state index in [9.17, 15) is 45.3 Å². The normalized spacial score (nSPS) is 45.5. The summed E-state index contributed by atoms with van der Waals surface area (Å²) in [6.07, 6.45) is -18.6. The Labute approximate surface area is 238 Å².